The molecule has 0 amide bonds. The lowest BCUT2D eigenvalue weighted by Crippen LogP contribution is -2.05. The third-order valence-electron chi connectivity index (χ3n) is 3.51. The van der Waals surface area contributed by atoms with Gasteiger partial charge in [-0.2, -0.15) is 23.4 Å². The van der Waals surface area contributed by atoms with Crippen LogP contribution in [0.1, 0.15) is 16.8 Å². The van der Waals surface area contributed by atoms with Gasteiger partial charge < -0.3 is 0 Å². The first-order valence-corrected chi connectivity index (χ1v) is 7.87. The van der Waals surface area contributed by atoms with Gasteiger partial charge in [0.2, 0.25) is 0 Å². The van der Waals surface area contributed by atoms with E-state index in [1.807, 2.05) is 30.3 Å². The Morgan fingerprint density at radius 1 is 1.15 bits per heavy atom. The molecular formula is C17H13ClF3N5. The average Bonchev–Trinajstić information content (AvgIpc) is 2.90. The van der Waals surface area contributed by atoms with E-state index in [9.17, 15) is 13.2 Å². The lowest BCUT2D eigenvalue weighted by Gasteiger charge is -2.06. The zero-order valence-electron chi connectivity index (χ0n) is 13.5. The number of halogens is 4. The second kappa shape index (κ2) is 7.17. The topological polar surface area (TPSA) is 55.1 Å². The highest BCUT2D eigenvalue weighted by molar-refractivity contribution is 6.32. The standard InChI is InChI=1S/C17H13ClF3N5/c1-11-14(16(18)26(25-11)13-5-3-2-4-6-13)10-23-24-15-8-7-12(9-22-15)17(19,20)21/h2-10H,1H3,(H,22,24)/b23-10+. The van der Waals surface area contributed by atoms with Gasteiger partial charge >= 0.3 is 6.18 Å². The van der Waals surface area contributed by atoms with Crippen LogP contribution in [0.15, 0.2) is 53.8 Å². The predicted molar refractivity (Wildman–Crippen MR) is 93.8 cm³/mol. The summed E-state index contributed by atoms with van der Waals surface area (Å²) >= 11 is 6.36. The number of aryl methyl sites for hydroxylation is 1. The first kappa shape index (κ1) is 17.9. The van der Waals surface area contributed by atoms with Gasteiger partial charge in [-0.15, -0.1) is 0 Å². The van der Waals surface area contributed by atoms with Crippen LogP contribution in [0.25, 0.3) is 5.69 Å². The van der Waals surface area contributed by atoms with Crippen LogP contribution in [-0.4, -0.2) is 21.0 Å². The zero-order valence-corrected chi connectivity index (χ0v) is 14.3. The average molecular weight is 380 g/mol. The van der Waals surface area contributed by atoms with E-state index in [2.05, 4.69) is 20.6 Å². The fourth-order valence-corrected chi connectivity index (χ4v) is 2.51. The van der Waals surface area contributed by atoms with Gasteiger partial charge in [-0.05, 0) is 31.2 Å². The molecule has 1 N–H and O–H groups in total. The largest absolute Gasteiger partial charge is 0.417 e. The molecule has 0 unspecified atom stereocenters. The molecule has 1 aromatic carbocycles. The molecule has 9 heteroatoms. The molecule has 2 aromatic heterocycles. The van der Waals surface area contributed by atoms with E-state index in [0.717, 1.165) is 18.0 Å². The number of aromatic nitrogens is 3. The molecule has 3 rings (SSSR count). The van der Waals surface area contributed by atoms with E-state index < -0.39 is 11.7 Å². The summed E-state index contributed by atoms with van der Waals surface area (Å²) < 4.78 is 39.1. The minimum atomic E-state index is -4.43. The number of hydrazone groups is 1. The van der Waals surface area contributed by atoms with E-state index in [-0.39, 0.29) is 5.82 Å². The van der Waals surface area contributed by atoms with Crippen LogP contribution in [0.2, 0.25) is 5.15 Å². The van der Waals surface area contributed by atoms with Crippen LogP contribution in [0.3, 0.4) is 0 Å². The Morgan fingerprint density at radius 3 is 2.50 bits per heavy atom. The van der Waals surface area contributed by atoms with Gasteiger partial charge in [-0.3, -0.25) is 5.43 Å². The number of alkyl halides is 3. The van der Waals surface area contributed by atoms with Crippen LogP contribution >= 0.6 is 11.6 Å². The van der Waals surface area contributed by atoms with E-state index >= 15 is 0 Å². The third kappa shape index (κ3) is 3.85. The Morgan fingerprint density at radius 2 is 1.88 bits per heavy atom. The fourth-order valence-electron chi connectivity index (χ4n) is 2.19. The Bertz CT molecular complexity index is 918. The number of rotatable bonds is 4. The predicted octanol–water partition coefficient (Wildman–Crippen LogP) is 4.69. The fraction of sp³-hybridized carbons (Fsp3) is 0.118. The van der Waals surface area contributed by atoms with Crippen LogP contribution in [0.4, 0.5) is 19.0 Å². The third-order valence-corrected chi connectivity index (χ3v) is 3.88. The van der Waals surface area contributed by atoms with Crippen molar-refractivity contribution in [1.29, 1.82) is 0 Å². The smallest absolute Gasteiger partial charge is 0.261 e. The molecule has 0 bridgehead atoms. The number of nitrogens with one attached hydrogen (secondary N) is 1. The molecule has 0 atom stereocenters. The summed E-state index contributed by atoms with van der Waals surface area (Å²) in [6, 6.07) is 11.5. The molecule has 0 saturated heterocycles. The molecule has 3 aromatic rings. The summed E-state index contributed by atoms with van der Waals surface area (Å²) in [7, 11) is 0. The summed E-state index contributed by atoms with van der Waals surface area (Å²) in [5.41, 5.74) is 3.80. The van der Waals surface area contributed by atoms with Gasteiger partial charge in [0.05, 0.1) is 28.7 Å². The van der Waals surface area contributed by atoms with Crippen molar-refractivity contribution < 1.29 is 13.2 Å². The summed E-state index contributed by atoms with van der Waals surface area (Å²) in [6.45, 7) is 1.78. The molecule has 2 heterocycles. The summed E-state index contributed by atoms with van der Waals surface area (Å²) in [5.74, 6) is 0.179. The highest BCUT2D eigenvalue weighted by Crippen LogP contribution is 2.28. The Hall–Kier alpha value is -2.87. The molecule has 0 aliphatic heterocycles. The van der Waals surface area contributed by atoms with Crippen LogP contribution in [0, 0.1) is 6.92 Å². The quantitative estimate of drug-likeness (QED) is 0.528. The molecular weight excluding hydrogens is 367 g/mol. The van der Waals surface area contributed by atoms with Crippen molar-refractivity contribution in [2.45, 2.75) is 13.1 Å². The number of nitrogens with zero attached hydrogens (tertiary/aromatic N) is 4. The van der Waals surface area contributed by atoms with Crippen LogP contribution in [0.5, 0.6) is 0 Å². The Balaban J connectivity index is 1.76. The maximum Gasteiger partial charge on any atom is 0.417 e. The van der Waals surface area contributed by atoms with Gasteiger partial charge in [0.25, 0.3) is 0 Å². The summed E-state index contributed by atoms with van der Waals surface area (Å²) in [5, 5.41) is 8.72. The summed E-state index contributed by atoms with van der Waals surface area (Å²) in [6.07, 6.45) is -2.24. The number of hydrogen-bond acceptors (Lipinski definition) is 4. The SMILES string of the molecule is Cc1nn(-c2ccccc2)c(Cl)c1/C=N/Nc1ccc(C(F)(F)F)cn1. The van der Waals surface area contributed by atoms with Crippen LogP contribution < -0.4 is 5.43 Å². The molecule has 26 heavy (non-hydrogen) atoms. The Kier molecular flexibility index (Phi) is 4.94. The van der Waals surface area contributed by atoms with Crippen molar-refractivity contribution in [3.63, 3.8) is 0 Å². The maximum atomic E-state index is 12.5. The second-order valence-electron chi connectivity index (χ2n) is 5.34. The molecule has 0 radical (unpaired) electrons. The van der Waals surface area contributed by atoms with Crippen molar-refractivity contribution in [2.24, 2.45) is 5.10 Å². The van der Waals surface area contributed by atoms with Gasteiger partial charge in [-0.1, -0.05) is 29.8 Å². The van der Waals surface area contributed by atoms with Gasteiger partial charge in [0.1, 0.15) is 11.0 Å². The summed E-state index contributed by atoms with van der Waals surface area (Å²) in [4.78, 5) is 3.68. The van der Waals surface area contributed by atoms with Gasteiger partial charge in [0.15, 0.2) is 0 Å². The second-order valence-corrected chi connectivity index (χ2v) is 5.70. The van der Waals surface area contributed by atoms with E-state index in [1.54, 1.807) is 11.6 Å². The Labute approximate surface area is 152 Å². The number of pyridine rings is 1. The van der Waals surface area contributed by atoms with Crippen molar-refractivity contribution in [1.82, 2.24) is 14.8 Å². The van der Waals surface area contributed by atoms with Crippen molar-refractivity contribution in [3.05, 3.63) is 70.6 Å². The molecule has 5 nitrogen and oxygen atoms in total. The van der Waals surface area contributed by atoms with E-state index in [0.29, 0.717) is 16.4 Å². The molecule has 0 aliphatic rings. The van der Waals surface area contributed by atoms with E-state index in [4.69, 9.17) is 11.6 Å². The van der Waals surface area contributed by atoms with Crippen LogP contribution in [-0.2, 0) is 6.18 Å². The van der Waals surface area contributed by atoms with Crippen molar-refractivity contribution >= 4 is 23.6 Å². The van der Waals surface area contributed by atoms with E-state index in [1.165, 1.54) is 12.3 Å². The molecule has 134 valence electrons. The molecule has 0 fully saturated rings. The first-order valence-electron chi connectivity index (χ1n) is 7.49. The zero-order chi connectivity index (χ0) is 18.7. The highest BCUT2D eigenvalue weighted by atomic mass is 35.5. The molecule has 0 spiro atoms. The lowest BCUT2D eigenvalue weighted by atomic mass is 10.3. The number of anilines is 1. The van der Waals surface area contributed by atoms with Crippen molar-refractivity contribution in [2.75, 3.05) is 5.43 Å². The van der Waals surface area contributed by atoms with Gasteiger partial charge in [0, 0.05) is 6.20 Å². The molecule has 0 saturated carbocycles. The number of hydrogen-bond donors (Lipinski definition) is 1. The number of para-hydroxylation sites is 1. The lowest BCUT2D eigenvalue weighted by molar-refractivity contribution is -0.137. The minimum Gasteiger partial charge on any atom is -0.261 e. The first-order chi connectivity index (χ1) is 12.4. The normalized spacial score (nSPS) is 11.9. The number of benzene rings is 1. The maximum absolute atomic E-state index is 12.5. The van der Waals surface area contributed by atoms with Crippen molar-refractivity contribution in [3.8, 4) is 5.69 Å². The molecule has 0 aliphatic carbocycles. The van der Waals surface area contributed by atoms with Gasteiger partial charge in [-0.25, -0.2) is 9.67 Å². The highest BCUT2D eigenvalue weighted by Gasteiger charge is 2.30. The minimum absolute atomic E-state index is 0.179. The monoisotopic (exact) mass is 379 g/mol.